The van der Waals surface area contributed by atoms with Crippen molar-refractivity contribution in [1.82, 2.24) is 5.09 Å². The number of carbonyl (C=O) groups is 1. The molecule has 0 aliphatic carbocycles. The third-order valence-electron chi connectivity index (χ3n) is 2.28. The summed E-state index contributed by atoms with van der Waals surface area (Å²) in [6.45, 7) is 9.19. The molecular formula is C14H22NO3P. The summed E-state index contributed by atoms with van der Waals surface area (Å²) in [4.78, 5) is 11.9. The van der Waals surface area contributed by atoms with Gasteiger partial charge in [-0.2, -0.15) is 0 Å². The Morgan fingerprint density at radius 1 is 1.26 bits per heavy atom. The van der Waals surface area contributed by atoms with Gasteiger partial charge in [0.2, 0.25) is 0 Å². The third kappa shape index (κ3) is 5.58. The van der Waals surface area contributed by atoms with Crippen molar-refractivity contribution in [2.24, 2.45) is 0 Å². The molecule has 0 fully saturated rings. The van der Waals surface area contributed by atoms with Crippen molar-refractivity contribution >= 4 is 14.3 Å². The summed E-state index contributed by atoms with van der Waals surface area (Å²) in [6, 6.07) is 9.54. The number of ether oxygens (including phenoxy) is 1. The lowest BCUT2D eigenvalue weighted by atomic mass is 10.1. The van der Waals surface area contributed by atoms with Gasteiger partial charge in [-0.05, 0) is 39.8 Å². The molecule has 0 aliphatic rings. The second-order valence-electron chi connectivity index (χ2n) is 5.09. The fourth-order valence-corrected chi connectivity index (χ4v) is 2.83. The maximum absolute atomic E-state index is 11.9. The van der Waals surface area contributed by atoms with Crippen LogP contribution in [0.4, 0.5) is 0 Å². The summed E-state index contributed by atoms with van der Waals surface area (Å²) < 4.78 is 11.0. The van der Waals surface area contributed by atoms with Gasteiger partial charge in [0.25, 0.3) is 0 Å². The minimum Gasteiger partial charge on any atom is -0.462 e. The van der Waals surface area contributed by atoms with Crippen LogP contribution in [0.5, 0.6) is 5.75 Å². The number of benzene rings is 1. The Bertz CT molecular complexity index is 406. The van der Waals surface area contributed by atoms with E-state index in [4.69, 9.17) is 9.26 Å². The number of para-hydroxylation sites is 1. The Morgan fingerprint density at radius 2 is 1.84 bits per heavy atom. The van der Waals surface area contributed by atoms with Crippen molar-refractivity contribution in [3.05, 3.63) is 30.3 Å². The Morgan fingerprint density at radius 3 is 2.37 bits per heavy atom. The number of rotatable bonds is 6. The van der Waals surface area contributed by atoms with Crippen LogP contribution in [0.15, 0.2) is 30.3 Å². The van der Waals surface area contributed by atoms with Gasteiger partial charge in [-0.1, -0.05) is 18.2 Å². The maximum Gasteiger partial charge on any atom is 0.326 e. The summed E-state index contributed by atoms with van der Waals surface area (Å²) in [6.07, 6.45) is -0.119. The third-order valence-corrected chi connectivity index (χ3v) is 3.63. The van der Waals surface area contributed by atoms with E-state index in [0.717, 1.165) is 5.75 Å². The van der Waals surface area contributed by atoms with E-state index in [1.807, 2.05) is 50.8 Å². The van der Waals surface area contributed by atoms with Gasteiger partial charge in [0, 0.05) is 6.66 Å². The molecule has 1 aromatic carbocycles. The zero-order valence-corrected chi connectivity index (χ0v) is 13.0. The van der Waals surface area contributed by atoms with Gasteiger partial charge in [0.05, 0.1) is 6.10 Å². The summed E-state index contributed by atoms with van der Waals surface area (Å²) >= 11 is 0. The van der Waals surface area contributed by atoms with Gasteiger partial charge in [-0.3, -0.25) is 4.79 Å². The molecule has 0 aliphatic heterocycles. The van der Waals surface area contributed by atoms with Crippen molar-refractivity contribution in [3.63, 3.8) is 0 Å². The van der Waals surface area contributed by atoms with Gasteiger partial charge in [0.15, 0.2) is 8.30 Å². The van der Waals surface area contributed by atoms with Gasteiger partial charge in [-0.15, -0.1) is 0 Å². The number of hydrogen-bond donors (Lipinski definition) is 1. The van der Waals surface area contributed by atoms with Crippen LogP contribution in [0.25, 0.3) is 0 Å². The first-order valence-corrected chi connectivity index (χ1v) is 7.97. The average molecular weight is 283 g/mol. The largest absolute Gasteiger partial charge is 0.462 e. The fourth-order valence-electron chi connectivity index (χ4n) is 1.46. The predicted molar refractivity (Wildman–Crippen MR) is 78.4 cm³/mol. The summed E-state index contributed by atoms with van der Waals surface area (Å²) in [5.41, 5.74) is -0.764. The first-order chi connectivity index (χ1) is 8.81. The van der Waals surface area contributed by atoms with Crippen molar-refractivity contribution < 1.29 is 14.1 Å². The van der Waals surface area contributed by atoms with Gasteiger partial charge in [-0.25, -0.2) is 5.09 Å². The van der Waals surface area contributed by atoms with Crippen LogP contribution in [-0.4, -0.2) is 24.3 Å². The quantitative estimate of drug-likeness (QED) is 0.642. The summed E-state index contributed by atoms with van der Waals surface area (Å²) in [5, 5.41) is 3.18. The lowest BCUT2D eigenvalue weighted by Gasteiger charge is -2.28. The van der Waals surface area contributed by atoms with Gasteiger partial charge < -0.3 is 9.26 Å². The molecule has 0 amide bonds. The van der Waals surface area contributed by atoms with E-state index in [1.165, 1.54) is 0 Å². The SMILES string of the molecule is CC(C)OC(=O)C(C)(C)NP(C)Oc1ccccc1. The van der Waals surface area contributed by atoms with Crippen LogP contribution in [0.3, 0.4) is 0 Å². The fraction of sp³-hybridized carbons (Fsp3) is 0.500. The highest BCUT2D eigenvalue weighted by Crippen LogP contribution is 2.32. The molecule has 1 atom stereocenters. The molecule has 0 spiro atoms. The molecule has 19 heavy (non-hydrogen) atoms. The molecule has 0 radical (unpaired) electrons. The Hall–Kier alpha value is -1.12. The number of carbonyl (C=O) groups excluding carboxylic acids is 1. The van der Waals surface area contributed by atoms with Crippen LogP contribution >= 0.6 is 8.30 Å². The van der Waals surface area contributed by atoms with E-state index in [2.05, 4.69) is 5.09 Å². The smallest absolute Gasteiger partial charge is 0.326 e. The molecule has 5 heteroatoms. The lowest BCUT2D eigenvalue weighted by Crippen LogP contribution is -2.46. The maximum atomic E-state index is 11.9. The number of nitrogens with one attached hydrogen (secondary N) is 1. The van der Waals surface area contributed by atoms with Crippen LogP contribution in [-0.2, 0) is 9.53 Å². The van der Waals surface area contributed by atoms with Crippen LogP contribution in [0.1, 0.15) is 27.7 Å². The second-order valence-corrected chi connectivity index (χ2v) is 6.49. The van der Waals surface area contributed by atoms with Crippen LogP contribution < -0.4 is 9.61 Å². The Labute approximate surface area is 116 Å². The van der Waals surface area contributed by atoms with E-state index >= 15 is 0 Å². The van der Waals surface area contributed by atoms with E-state index in [0.29, 0.717) is 0 Å². The molecular weight excluding hydrogens is 261 g/mol. The summed E-state index contributed by atoms with van der Waals surface area (Å²) in [7, 11) is -0.953. The molecule has 1 N–H and O–H groups in total. The van der Waals surface area contributed by atoms with E-state index in [9.17, 15) is 4.79 Å². The molecule has 4 nitrogen and oxygen atoms in total. The molecule has 1 rings (SSSR count). The predicted octanol–water partition coefficient (Wildman–Crippen LogP) is 3.33. The average Bonchev–Trinajstić information content (AvgIpc) is 2.28. The molecule has 1 unspecified atom stereocenters. The lowest BCUT2D eigenvalue weighted by molar-refractivity contribution is -0.153. The monoisotopic (exact) mass is 283 g/mol. The minimum absolute atomic E-state index is 0.119. The van der Waals surface area contributed by atoms with Crippen molar-refractivity contribution in [3.8, 4) is 5.75 Å². The highest BCUT2D eigenvalue weighted by atomic mass is 31.2. The molecule has 0 saturated carbocycles. The Balaban J connectivity index is 2.55. The highest BCUT2D eigenvalue weighted by molar-refractivity contribution is 7.50. The molecule has 0 bridgehead atoms. The minimum atomic E-state index is -0.953. The molecule has 0 aromatic heterocycles. The van der Waals surface area contributed by atoms with Crippen LogP contribution in [0.2, 0.25) is 0 Å². The highest BCUT2D eigenvalue weighted by Gasteiger charge is 2.32. The normalized spacial score (nSPS) is 13.2. The second kappa shape index (κ2) is 6.88. The molecule has 0 saturated heterocycles. The summed E-state index contributed by atoms with van der Waals surface area (Å²) in [5.74, 6) is 0.519. The molecule has 0 heterocycles. The first kappa shape index (κ1) is 15.9. The van der Waals surface area contributed by atoms with Gasteiger partial charge in [0.1, 0.15) is 11.3 Å². The first-order valence-electron chi connectivity index (χ1n) is 6.27. The standard InChI is InChI=1S/C14H22NO3P/c1-11(2)17-13(16)14(3,4)15-19(5)18-12-9-7-6-8-10-12/h6-11,15H,1-5H3. The molecule has 1 aromatic rings. The van der Waals surface area contributed by atoms with Crippen molar-refractivity contribution in [2.75, 3.05) is 6.66 Å². The van der Waals surface area contributed by atoms with Gasteiger partial charge >= 0.3 is 5.97 Å². The van der Waals surface area contributed by atoms with Crippen molar-refractivity contribution in [1.29, 1.82) is 0 Å². The topological polar surface area (TPSA) is 47.6 Å². The zero-order valence-electron chi connectivity index (χ0n) is 12.1. The Kier molecular flexibility index (Phi) is 5.77. The van der Waals surface area contributed by atoms with Crippen LogP contribution in [0, 0.1) is 0 Å². The van der Waals surface area contributed by atoms with E-state index < -0.39 is 13.8 Å². The van der Waals surface area contributed by atoms with E-state index in [-0.39, 0.29) is 12.1 Å². The number of hydrogen-bond acceptors (Lipinski definition) is 4. The van der Waals surface area contributed by atoms with Crippen molar-refractivity contribution in [2.45, 2.75) is 39.3 Å². The van der Waals surface area contributed by atoms with E-state index in [1.54, 1.807) is 13.8 Å². The number of esters is 1. The zero-order chi connectivity index (χ0) is 14.5. The molecule has 106 valence electrons.